The molecular formula is C27H33N3O4. The third kappa shape index (κ3) is 5.30. The lowest BCUT2D eigenvalue weighted by Crippen LogP contribution is -2.40. The van der Waals surface area contributed by atoms with E-state index in [0.29, 0.717) is 28.6 Å². The quantitative estimate of drug-likeness (QED) is 0.471. The van der Waals surface area contributed by atoms with Gasteiger partial charge in [0.15, 0.2) is 0 Å². The van der Waals surface area contributed by atoms with Crippen molar-refractivity contribution in [1.29, 1.82) is 0 Å². The van der Waals surface area contributed by atoms with Gasteiger partial charge in [0, 0.05) is 17.5 Å². The first-order valence-corrected chi connectivity index (χ1v) is 11.4. The number of hydrogen-bond acceptors (Lipinski definition) is 3. The first-order chi connectivity index (χ1) is 15.9. The lowest BCUT2D eigenvalue weighted by Gasteiger charge is -2.35. The van der Waals surface area contributed by atoms with Gasteiger partial charge in [-0.3, -0.25) is 9.59 Å². The van der Waals surface area contributed by atoms with Crippen molar-refractivity contribution in [2.24, 2.45) is 17.1 Å². The molecule has 7 nitrogen and oxygen atoms in total. The van der Waals surface area contributed by atoms with E-state index < -0.39 is 23.5 Å². The SMILES string of the molecule is CC(C)Cn1c(C(NC(=O)O)C(C)(C)C)c(-c2ccccc2)c2cc(CC(N)=O)ccc2c1=O. The summed E-state index contributed by atoms with van der Waals surface area (Å²) in [6.07, 6.45) is -1.12. The van der Waals surface area contributed by atoms with E-state index in [-0.39, 0.29) is 17.9 Å². The highest BCUT2D eigenvalue weighted by Crippen LogP contribution is 2.41. The molecule has 180 valence electrons. The fourth-order valence-electron chi connectivity index (χ4n) is 4.40. The topological polar surface area (TPSA) is 114 Å². The van der Waals surface area contributed by atoms with Crippen LogP contribution in [0.5, 0.6) is 0 Å². The number of carbonyl (C=O) groups is 2. The molecule has 0 saturated carbocycles. The van der Waals surface area contributed by atoms with Crippen LogP contribution in [0.1, 0.15) is 51.9 Å². The Bertz CT molecular complexity index is 1270. The predicted octanol–water partition coefficient (Wildman–Crippen LogP) is 4.71. The average Bonchev–Trinajstić information content (AvgIpc) is 2.73. The van der Waals surface area contributed by atoms with E-state index in [1.807, 2.05) is 71.0 Å². The van der Waals surface area contributed by atoms with Gasteiger partial charge in [0.1, 0.15) is 0 Å². The molecule has 0 aliphatic carbocycles. The van der Waals surface area contributed by atoms with Crippen molar-refractivity contribution in [3.8, 4) is 11.1 Å². The summed E-state index contributed by atoms with van der Waals surface area (Å²) in [6, 6.07) is 14.3. The van der Waals surface area contributed by atoms with Crippen LogP contribution in [0.4, 0.5) is 4.79 Å². The Morgan fingerprint density at radius 1 is 1.06 bits per heavy atom. The van der Waals surface area contributed by atoms with Gasteiger partial charge in [0.2, 0.25) is 5.91 Å². The van der Waals surface area contributed by atoms with E-state index in [0.717, 1.165) is 11.1 Å². The molecule has 34 heavy (non-hydrogen) atoms. The number of pyridine rings is 1. The third-order valence-electron chi connectivity index (χ3n) is 5.77. The van der Waals surface area contributed by atoms with Crippen molar-refractivity contribution in [3.05, 3.63) is 70.1 Å². The van der Waals surface area contributed by atoms with E-state index in [4.69, 9.17) is 5.73 Å². The van der Waals surface area contributed by atoms with E-state index in [2.05, 4.69) is 5.32 Å². The van der Waals surface area contributed by atoms with Gasteiger partial charge in [-0.2, -0.15) is 0 Å². The lowest BCUT2D eigenvalue weighted by molar-refractivity contribution is -0.117. The summed E-state index contributed by atoms with van der Waals surface area (Å²) >= 11 is 0. The van der Waals surface area contributed by atoms with Gasteiger partial charge < -0.3 is 20.7 Å². The second-order valence-electron chi connectivity index (χ2n) is 10.2. The minimum Gasteiger partial charge on any atom is -0.465 e. The molecule has 0 radical (unpaired) electrons. The maximum Gasteiger partial charge on any atom is 0.405 e. The van der Waals surface area contributed by atoms with Gasteiger partial charge in [-0.25, -0.2) is 4.79 Å². The highest BCUT2D eigenvalue weighted by atomic mass is 16.4. The summed E-state index contributed by atoms with van der Waals surface area (Å²) < 4.78 is 1.72. The summed E-state index contributed by atoms with van der Waals surface area (Å²) in [7, 11) is 0. The van der Waals surface area contributed by atoms with E-state index in [9.17, 15) is 19.5 Å². The van der Waals surface area contributed by atoms with Gasteiger partial charge >= 0.3 is 6.09 Å². The van der Waals surface area contributed by atoms with Crippen molar-refractivity contribution in [2.75, 3.05) is 0 Å². The number of aromatic nitrogens is 1. The first kappa shape index (κ1) is 25.0. The molecule has 4 N–H and O–H groups in total. The molecule has 2 aromatic carbocycles. The molecule has 1 unspecified atom stereocenters. The molecule has 1 heterocycles. The number of nitrogens with one attached hydrogen (secondary N) is 1. The number of carboxylic acid groups (broad SMARTS) is 1. The largest absolute Gasteiger partial charge is 0.465 e. The Balaban J connectivity index is 2.57. The lowest BCUT2D eigenvalue weighted by atomic mass is 9.80. The Hall–Kier alpha value is -3.61. The number of amides is 2. The van der Waals surface area contributed by atoms with E-state index in [1.54, 1.807) is 16.7 Å². The molecule has 2 amide bonds. The van der Waals surface area contributed by atoms with Gasteiger partial charge in [-0.05, 0) is 40.0 Å². The molecule has 3 aromatic rings. The zero-order valence-corrected chi connectivity index (χ0v) is 20.4. The second-order valence-corrected chi connectivity index (χ2v) is 10.2. The number of primary amides is 1. The minimum absolute atomic E-state index is 0.0463. The summed E-state index contributed by atoms with van der Waals surface area (Å²) in [5, 5.41) is 13.6. The van der Waals surface area contributed by atoms with Crippen LogP contribution in [0.3, 0.4) is 0 Å². The minimum atomic E-state index is -1.16. The monoisotopic (exact) mass is 463 g/mol. The van der Waals surface area contributed by atoms with Crippen LogP contribution < -0.4 is 16.6 Å². The van der Waals surface area contributed by atoms with Crippen LogP contribution in [0.25, 0.3) is 21.9 Å². The number of fused-ring (bicyclic) bond motifs is 1. The molecule has 0 spiro atoms. The molecule has 0 bridgehead atoms. The van der Waals surface area contributed by atoms with Crippen LogP contribution in [0.15, 0.2) is 53.3 Å². The summed E-state index contributed by atoms with van der Waals surface area (Å²) in [5.74, 6) is -0.314. The molecule has 7 heteroatoms. The first-order valence-electron chi connectivity index (χ1n) is 11.4. The fraction of sp³-hybridized carbons (Fsp3) is 0.370. The molecule has 3 rings (SSSR count). The zero-order valence-electron chi connectivity index (χ0n) is 20.4. The summed E-state index contributed by atoms with van der Waals surface area (Å²) in [6.45, 7) is 10.3. The van der Waals surface area contributed by atoms with Gasteiger partial charge in [0.25, 0.3) is 5.56 Å². The molecule has 0 aliphatic heterocycles. The van der Waals surface area contributed by atoms with Crippen molar-refractivity contribution in [1.82, 2.24) is 9.88 Å². The van der Waals surface area contributed by atoms with Crippen molar-refractivity contribution >= 4 is 22.8 Å². The Morgan fingerprint density at radius 3 is 2.24 bits per heavy atom. The smallest absolute Gasteiger partial charge is 0.405 e. The van der Waals surface area contributed by atoms with Gasteiger partial charge in [-0.1, -0.05) is 71.0 Å². The van der Waals surface area contributed by atoms with Crippen LogP contribution in [0.2, 0.25) is 0 Å². The van der Waals surface area contributed by atoms with Gasteiger partial charge in [0.05, 0.1) is 18.2 Å². The van der Waals surface area contributed by atoms with Crippen LogP contribution in [-0.2, 0) is 17.8 Å². The molecular weight excluding hydrogens is 430 g/mol. The molecule has 0 saturated heterocycles. The van der Waals surface area contributed by atoms with Gasteiger partial charge in [-0.15, -0.1) is 0 Å². The number of nitrogens with two attached hydrogens (primary N) is 1. The van der Waals surface area contributed by atoms with Crippen LogP contribution >= 0.6 is 0 Å². The molecule has 1 aromatic heterocycles. The van der Waals surface area contributed by atoms with Crippen LogP contribution in [-0.4, -0.2) is 21.7 Å². The van der Waals surface area contributed by atoms with E-state index >= 15 is 0 Å². The molecule has 1 atom stereocenters. The van der Waals surface area contributed by atoms with Crippen molar-refractivity contribution < 1.29 is 14.7 Å². The van der Waals surface area contributed by atoms with Crippen molar-refractivity contribution in [2.45, 2.75) is 53.6 Å². The highest BCUT2D eigenvalue weighted by Gasteiger charge is 2.34. The molecule has 0 fully saturated rings. The fourth-order valence-corrected chi connectivity index (χ4v) is 4.40. The number of nitrogens with zero attached hydrogens (tertiary/aromatic N) is 1. The second kappa shape index (κ2) is 9.71. The third-order valence-corrected chi connectivity index (χ3v) is 5.77. The Labute approximate surface area is 199 Å². The maximum absolute atomic E-state index is 13.8. The van der Waals surface area contributed by atoms with Crippen molar-refractivity contribution in [3.63, 3.8) is 0 Å². The Morgan fingerprint density at radius 2 is 1.71 bits per heavy atom. The number of benzene rings is 2. The standard InChI is InChI=1S/C27H33N3O4/c1-16(2)15-30-23(24(27(3,4)5)29-26(33)34)22(18-9-7-6-8-10-18)20-13-17(14-21(28)31)11-12-19(20)25(30)32/h6-13,16,24,29H,14-15H2,1-5H3,(H2,28,31)(H,33,34). The maximum atomic E-state index is 13.8. The Kier molecular flexibility index (Phi) is 7.15. The predicted molar refractivity (Wildman–Crippen MR) is 135 cm³/mol. The highest BCUT2D eigenvalue weighted by molar-refractivity contribution is 5.98. The number of hydrogen-bond donors (Lipinski definition) is 3. The molecule has 0 aliphatic rings. The zero-order chi connectivity index (χ0) is 25.2. The number of rotatable bonds is 7. The number of carbonyl (C=O) groups excluding carboxylic acids is 1. The normalized spacial score (nSPS) is 12.6. The summed E-state index contributed by atoms with van der Waals surface area (Å²) in [5.41, 5.74) is 7.66. The summed E-state index contributed by atoms with van der Waals surface area (Å²) in [4.78, 5) is 37.3. The van der Waals surface area contributed by atoms with Crippen LogP contribution in [0, 0.1) is 11.3 Å². The van der Waals surface area contributed by atoms with E-state index in [1.165, 1.54) is 0 Å². The average molecular weight is 464 g/mol.